The molecule has 0 aliphatic heterocycles. The van der Waals surface area contributed by atoms with E-state index in [-0.39, 0.29) is 30.7 Å². The number of ketones is 1. The molecular formula is C18H30O4. The van der Waals surface area contributed by atoms with Crippen molar-refractivity contribution < 1.29 is 19.1 Å². The van der Waals surface area contributed by atoms with Gasteiger partial charge in [0.15, 0.2) is 6.79 Å². The summed E-state index contributed by atoms with van der Waals surface area (Å²) in [6.07, 6.45) is 5.01. The Morgan fingerprint density at radius 1 is 1.23 bits per heavy atom. The van der Waals surface area contributed by atoms with Crippen molar-refractivity contribution in [3.63, 3.8) is 0 Å². The minimum absolute atomic E-state index is 0.00343. The molecule has 22 heavy (non-hydrogen) atoms. The first kappa shape index (κ1) is 17.5. The Hall–Kier alpha value is -0.900. The predicted molar refractivity (Wildman–Crippen MR) is 84.1 cm³/mol. The zero-order chi connectivity index (χ0) is 16.3. The highest BCUT2D eigenvalue weighted by atomic mass is 16.7. The molecule has 0 heterocycles. The molecule has 4 heteroatoms. The molecule has 0 saturated heterocycles. The van der Waals surface area contributed by atoms with Crippen LogP contribution >= 0.6 is 0 Å². The van der Waals surface area contributed by atoms with Gasteiger partial charge in [0.2, 0.25) is 0 Å². The molecule has 4 rings (SSSR count). The molecule has 126 valence electrons. The van der Waals surface area contributed by atoms with E-state index in [2.05, 4.69) is 0 Å². The van der Waals surface area contributed by atoms with Gasteiger partial charge < -0.3 is 9.47 Å². The topological polar surface area (TPSA) is 52.6 Å². The van der Waals surface area contributed by atoms with Crippen molar-refractivity contribution in [2.45, 2.75) is 65.9 Å². The van der Waals surface area contributed by atoms with Crippen LogP contribution in [0.5, 0.6) is 0 Å². The summed E-state index contributed by atoms with van der Waals surface area (Å²) in [7, 11) is 0. The second-order valence-corrected chi connectivity index (χ2v) is 6.80. The Morgan fingerprint density at radius 3 is 2.64 bits per heavy atom. The number of Topliss-reactive ketones (excluding diaryl/α,β-unsaturated/α-hetero) is 1. The van der Waals surface area contributed by atoms with Crippen molar-refractivity contribution in [1.82, 2.24) is 0 Å². The Kier molecular flexibility index (Phi) is 6.01. The van der Waals surface area contributed by atoms with Gasteiger partial charge >= 0.3 is 5.97 Å². The summed E-state index contributed by atoms with van der Waals surface area (Å²) in [5.41, 5.74) is 0. The van der Waals surface area contributed by atoms with Gasteiger partial charge in [0.05, 0.1) is 12.0 Å². The van der Waals surface area contributed by atoms with Crippen molar-refractivity contribution in [2.24, 2.45) is 29.6 Å². The zero-order valence-electron chi connectivity index (χ0n) is 14.3. The summed E-state index contributed by atoms with van der Waals surface area (Å²) in [6.45, 7) is 7.82. The van der Waals surface area contributed by atoms with Crippen LogP contribution in [-0.4, -0.2) is 24.6 Å². The largest absolute Gasteiger partial charge is 0.438 e. The van der Waals surface area contributed by atoms with Crippen molar-refractivity contribution in [1.29, 1.82) is 0 Å². The third-order valence-corrected chi connectivity index (χ3v) is 5.53. The van der Waals surface area contributed by atoms with Gasteiger partial charge in [-0.15, -0.1) is 0 Å². The van der Waals surface area contributed by atoms with Gasteiger partial charge in [-0.2, -0.15) is 0 Å². The first-order valence-electron chi connectivity index (χ1n) is 8.92. The van der Waals surface area contributed by atoms with Crippen molar-refractivity contribution in [2.75, 3.05) is 6.79 Å². The first-order valence-corrected chi connectivity index (χ1v) is 8.92. The minimum Gasteiger partial charge on any atom is -0.438 e. The highest BCUT2D eigenvalue weighted by Crippen LogP contribution is 2.52. The molecule has 4 nitrogen and oxygen atoms in total. The minimum atomic E-state index is -0.206. The maximum absolute atomic E-state index is 12.2. The lowest BCUT2D eigenvalue weighted by Gasteiger charge is -2.52. The molecule has 4 aliphatic carbocycles. The molecular weight excluding hydrogens is 280 g/mol. The van der Waals surface area contributed by atoms with E-state index < -0.39 is 0 Å². The fourth-order valence-electron chi connectivity index (χ4n) is 4.31. The van der Waals surface area contributed by atoms with E-state index in [1.807, 2.05) is 27.7 Å². The fourth-order valence-corrected chi connectivity index (χ4v) is 4.31. The van der Waals surface area contributed by atoms with Crippen LogP contribution in [-0.2, 0) is 19.1 Å². The van der Waals surface area contributed by atoms with E-state index in [4.69, 9.17) is 9.47 Å². The molecule has 4 bridgehead atoms. The third-order valence-electron chi connectivity index (χ3n) is 5.53. The van der Waals surface area contributed by atoms with Gasteiger partial charge in [0.1, 0.15) is 5.78 Å². The number of hydrogen-bond acceptors (Lipinski definition) is 4. The first-order chi connectivity index (χ1) is 10.6. The number of hydrogen-bond donors (Lipinski definition) is 0. The van der Waals surface area contributed by atoms with E-state index in [0.717, 1.165) is 31.6 Å². The number of ether oxygens (including phenoxy) is 2. The Morgan fingerprint density at radius 2 is 1.95 bits per heavy atom. The molecule has 6 unspecified atom stereocenters. The molecule has 0 aromatic heterocycles. The molecule has 4 aliphatic rings. The highest BCUT2D eigenvalue weighted by molar-refractivity contribution is 5.86. The van der Waals surface area contributed by atoms with Gasteiger partial charge in [-0.25, -0.2) is 0 Å². The normalized spacial score (nSPS) is 36.5. The van der Waals surface area contributed by atoms with Crippen LogP contribution < -0.4 is 0 Å². The molecule has 0 spiro atoms. The van der Waals surface area contributed by atoms with Crippen LogP contribution in [0.15, 0.2) is 0 Å². The molecule has 0 aromatic carbocycles. The van der Waals surface area contributed by atoms with E-state index in [0.29, 0.717) is 17.6 Å². The summed E-state index contributed by atoms with van der Waals surface area (Å²) >= 11 is 0. The number of rotatable bonds is 5. The molecule has 0 aromatic rings. The third kappa shape index (κ3) is 3.37. The van der Waals surface area contributed by atoms with Crippen LogP contribution in [0.4, 0.5) is 0 Å². The molecule has 4 fully saturated rings. The molecule has 0 amide bonds. The van der Waals surface area contributed by atoms with Gasteiger partial charge in [-0.3, -0.25) is 9.59 Å². The lowest BCUT2D eigenvalue weighted by Crippen LogP contribution is -2.55. The van der Waals surface area contributed by atoms with Gasteiger partial charge in [-0.05, 0) is 43.9 Å². The number of carbonyl (C=O) groups is 2. The molecule has 6 atom stereocenters. The summed E-state index contributed by atoms with van der Waals surface area (Å²) in [5, 5.41) is 0. The Labute approximate surface area is 133 Å². The SMILES string of the molecule is CC.CCC(C)C(=O)OCOC1C2CC3CC(C2)C(=O)C1C3. The summed E-state index contributed by atoms with van der Waals surface area (Å²) in [5.74, 6) is 1.69. The van der Waals surface area contributed by atoms with Crippen molar-refractivity contribution in [3.8, 4) is 0 Å². The average Bonchev–Trinajstić information content (AvgIpc) is 2.55. The lowest BCUT2D eigenvalue weighted by molar-refractivity contribution is -0.190. The van der Waals surface area contributed by atoms with Crippen molar-refractivity contribution >= 4 is 11.8 Å². The summed E-state index contributed by atoms with van der Waals surface area (Å²) in [6, 6.07) is 0. The quantitative estimate of drug-likeness (QED) is 0.575. The van der Waals surface area contributed by atoms with Gasteiger partial charge in [0, 0.05) is 11.8 Å². The van der Waals surface area contributed by atoms with Crippen molar-refractivity contribution in [3.05, 3.63) is 0 Å². The van der Waals surface area contributed by atoms with E-state index in [1.165, 1.54) is 6.42 Å². The maximum atomic E-state index is 12.2. The highest BCUT2D eigenvalue weighted by Gasteiger charge is 2.53. The van der Waals surface area contributed by atoms with Crippen LogP contribution in [0, 0.1) is 29.6 Å². The average molecular weight is 310 g/mol. The van der Waals surface area contributed by atoms with Crippen LogP contribution in [0.1, 0.15) is 59.8 Å². The standard InChI is InChI=1S/C16H24O4.C2H6/c1-3-9(2)16(18)20-8-19-15-12-5-10-4-11(7-12)14(17)13(15)6-10;1-2/h9-13,15H,3-8H2,1-2H3;1-2H3. The fraction of sp³-hybridized carbons (Fsp3) is 0.889. The second-order valence-electron chi connectivity index (χ2n) is 6.80. The van der Waals surface area contributed by atoms with E-state index in [9.17, 15) is 9.59 Å². The zero-order valence-corrected chi connectivity index (χ0v) is 14.3. The Balaban J connectivity index is 0.000000847. The van der Waals surface area contributed by atoms with Gasteiger partial charge in [0.25, 0.3) is 0 Å². The van der Waals surface area contributed by atoms with E-state index >= 15 is 0 Å². The molecule has 4 saturated carbocycles. The smallest absolute Gasteiger partial charge is 0.310 e. The number of carbonyl (C=O) groups excluding carboxylic acids is 2. The monoisotopic (exact) mass is 310 g/mol. The van der Waals surface area contributed by atoms with Crippen LogP contribution in [0.2, 0.25) is 0 Å². The van der Waals surface area contributed by atoms with E-state index in [1.54, 1.807) is 0 Å². The van der Waals surface area contributed by atoms with Gasteiger partial charge in [-0.1, -0.05) is 27.7 Å². The maximum Gasteiger partial charge on any atom is 0.310 e. The Bertz CT molecular complexity index is 406. The summed E-state index contributed by atoms with van der Waals surface area (Å²) in [4.78, 5) is 23.9. The summed E-state index contributed by atoms with van der Waals surface area (Å²) < 4.78 is 11.0. The number of esters is 1. The lowest BCUT2D eigenvalue weighted by atomic mass is 9.54. The second kappa shape index (κ2) is 7.58. The van der Waals surface area contributed by atoms with Crippen LogP contribution in [0.3, 0.4) is 0 Å². The predicted octanol–water partition coefficient (Wildman–Crippen LogP) is 3.58. The molecule has 0 N–H and O–H groups in total. The van der Waals surface area contributed by atoms with Crippen LogP contribution in [0.25, 0.3) is 0 Å². The molecule has 0 radical (unpaired) electrons.